The highest BCUT2D eigenvalue weighted by atomic mass is 15.1. The van der Waals surface area contributed by atoms with E-state index in [0.29, 0.717) is 0 Å². The molecule has 0 aromatic rings. The largest absolute Gasteiger partial charge is 0.315 e. The molecule has 90 valence electrons. The molecule has 1 saturated carbocycles. The first-order chi connectivity index (χ1) is 7.24. The monoisotopic (exact) mass is 212 g/mol. The summed E-state index contributed by atoms with van der Waals surface area (Å²) in [5, 5.41) is 3.47. The minimum Gasteiger partial charge on any atom is -0.315 e. The quantitative estimate of drug-likeness (QED) is 0.681. The summed E-state index contributed by atoms with van der Waals surface area (Å²) in [4.78, 5) is 2.55. The molecule has 0 aliphatic heterocycles. The highest BCUT2D eigenvalue weighted by Crippen LogP contribution is 2.26. The van der Waals surface area contributed by atoms with E-state index in [-0.39, 0.29) is 0 Å². The Hall–Kier alpha value is -0.0800. The van der Waals surface area contributed by atoms with Crippen LogP contribution in [0.25, 0.3) is 0 Å². The lowest BCUT2D eigenvalue weighted by molar-refractivity contribution is 0.165. The molecular formula is C13H28N2. The van der Waals surface area contributed by atoms with Gasteiger partial charge in [-0.2, -0.15) is 0 Å². The maximum atomic E-state index is 3.47. The lowest BCUT2D eigenvalue weighted by Crippen LogP contribution is -2.39. The van der Waals surface area contributed by atoms with Crippen LogP contribution in [0.3, 0.4) is 0 Å². The molecule has 2 nitrogen and oxygen atoms in total. The molecule has 1 N–H and O–H groups in total. The van der Waals surface area contributed by atoms with Crippen molar-refractivity contribution in [1.29, 1.82) is 0 Å². The summed E-state index contributed by atoms with van der Waals surface area (Å²) in [5.41, 5.74) is 0. The Morgan fingerprint density at radius 3 is 2.73 bits per heavy atom. The fourth-order valence-electron chi connectivity index (χ4n) is 2.54. The Labute approximate surface area is 95.4 Å². The van der Waals surface area contributed by atoms with Gasteiger partial charge in [-0.1, -0.05) is 26.7 Å². The number of likely N-dealkylation sites (N-methyl/N-ethyl adjacent to an activating group) is 1. The van der Waals surface area contributed by atoms with Crippen LogP contribution in [0, 0.1) is 5.92 Å². The molecule has 0 heterocycles. The van der Waals surface area contributed by atoms with Crippen molar-refractivity contribution >= 4 is 0 Å². The van der Waals surface area contributed by atoms with Crippen molar-refractivity contribution in [1.82, 2.24) is 10.2 Å². The van der Waals surface area contributed by atoms with E-state index >= 15 is 0 Å². The zero-order chi connectivity index (χ0) is 11.1. The van der Waals surface area contributed by atoms with Gasteiger partial charge in [0.05, 0.1) is 0 Å². The molecule has 1 aliphatic rings. The van der Waals surface area contributed by atoms with E-state index in [0.717, 1.165) is 25.0 Å². The minimum absolute atomic E-state index is 0.845. The van der Waals surface area contributed by atoms with Crippen molar-refractivity contribution in [2.24, 2.45) is 5.92 Å². The van der Waals surface area contributed by atoms with Gasteiger partial charge in [0, 0.05) is 19.1 Å². The van der Waals surface area contributed by atoms with Gasteiger partial charge in [0.2, 0.25) is 0 Å². The second kappa shape index (κ2) is 7.24. The maximum Gasteiger partial charge on any atom is 0.0107 e. The second-order valence-electron chi connectivity index (χ2n) is 5.16. The molecule has 0 spiro atoms. The fourth-order valence-corrected chi connectivity index (χ4v) is 2.54. The minimum atomic E-state index is 0.845. The average molecular weight is 212 g/mol. The molecule has 0 amide bonds. The van der Waals surface area contributed by atoms with Crippen LogP contribution in [0.15, 0.2) is 0 Å². The Morgan fingerprint density at radius 1 is 1.27 bits per heavy atom. The average Bonchev–Trinajstić information content (AvgIpc) is 2.24. The summed E-state index contributed by atoms with van der Waals surface area (Å²) in [7, 11) is 2.29. The number of hydrogen-bond donors (Lipinski definition) is 1. The van der Waals surface area contributed by atoms with Crippen molar-refractivity contribution in [3.63, 3.8) is 0 Å². The third kappa shape index (κ3) is 4.98. The molecular weight excluding hydrogens is 184 g/mol. The van der Waals surface area contributed by atoms with E-state index in [1.165, 1.54) is 38.6 Å². The van der Waals surface area contributed by atoms with Crippen LogP contribution >= 0.6 is 0 Å². The Bertz CT molecular complexity index is 159. The SMILES string of the molecule is CCCNCCN(C)C1CCCC(C)C1. The third-order valence-corrected chi connectivity index (χ3v) is 3.60. The van der Waals surface area contributed by atoms with Crippen LogP contribution in [-0.2, 0) is 0 Å². The van der Waals surface area contributed by atoms with Crippen LogP contribution in [0.2, 0.25) is 0 Å². The summed E-state index contributed by atoms with van der Waals surface area (Å²) < 4.78 is 0. The standard InChI is InChI=1S/C13H28N2/c1-4-8-14-9-10-15(3)13-7-5-6-12(2)11-13/h12-14H,4-11H2,1-3H3. The fraction of sp³-hybridized carbons (Fsp3) is 1.00. The van der Waals surface area contributed by atoms with Crippen molar-refractivity contribution in [3.8, 4) is 0 Å². The molecule has 0 bridgehead atoms. The Morgan fingerprint density at radius 2 is 2.07 bits per heavy atom. The van der Waals surface area contributed by atoms with E-state index in [4.69, 9.17) is 0 Å². The van der Waals surface area contributed by atoms with Gasteiger partial charge in [-0.25, -0.2) is 0 Å². The predicted molar refractivity (Wildman–Crippen MR) is 67.2 cm³/mol. The van der Waals surface area contributed by atoms with E-state index in [1.54, 1.807) is 0 Å². The van der Waals surface area contributed by atoms with Crippen LogP contribution in [0.1, 0.15) is 46.0 Å². The van der Waals surface area contributed by atoms with Gasteiger partial charge < -0.3 is 10.2 Å². The summed E-state index contributed by atoms with van der Waals surface area (Å²) >= 11 is 0. The molecule has 2 unspecified atom stereocenters. The highest BCUT2D eigenvalue weighted by molar-refractivity contribution is 4.77. The highest BCUT2D eigenvalue weighted by Gasteiger charge is 2.21. The number of nitrogens with zero attached hydrogens (tertiary/aromatic N) is 1. The first kappa shape index (κ1) is 13.0. The van der Waals surface area contributed by atoms with Crippen LogP contribution in [-0.4, -0.2) is 37.6 Å². The molecule has 0 aromatic carbocycles. The zero-order valence-corrected chi connectivity index (χ0v) is 10.8. The summed E-state index contributed by atoms with van der Waals surface area (Å²) in [6.45, 7) is 8.14. The normalized spacial score (nSPS) is 27.2. The summed E-state index contributed by atoms with van der Waals surface area (Å²) in [6.07, 6.45) is 6.93. The summed E-state index contributed by atoms with van der Waals surface area (Å²) in [5.74, 6) is 0.940. The second-order valence-corrected chi connectivity index (χ2v) is 5.16. The first-order valence-electron chi connectivity index (χ1n) is 6.65. The molecule has 0 aromatic heterocycles. The smallest absolute Gasteiger partial charge is 0.0107 e. The predicted octanol–water partition coefficient (Wildman–Crippen LogP) is 2.50. The molecule has 1 fully saturated rings. The lowest BCUT2D eigenvalue weighted by atomic mass is 9.86. The third-order valence-electron chi connectivity index (χ3n) is 3.60. The number of nitrogens with one attached hydrogen (secondary N) is 1. The van der Waals surface area contributed by atoms with Crippen LogP contribution in [0.4, 0.5) is 0 Å². The van der Waals surface area contributed by atoms with Gasteiger partial charge in [0.1, 0.15) is 0 Å². The van der Waals surface area contributed by atoms with E-state index in [1.807, 2.05) is 0 Å². The van der Waals surface area contributed by atoms with Gasteiger partial charge in [0.15, 0.2) is 0 Å². The van der Waals surface area contributed by atoms with Gasteiger partial charge in [0.25, 0.3) is 0 Å². The zero-order valence-electron chi connectivity index (χ0n) is 10.8. The van der Waals surface area contributed by atoms with Gasteiger partial charge in [-0.15, -0.1) is 0 Å². The topological polar surface area (TPSA) is 15.3 Å². The van der Waals surface area contributed by atoms with Crippen LogP contribution < -0.4 is 5.32 Å². The Kier molecular flexibility index (Phi) is 6.26. The van der Waals surface area contributed by atoms with Crippen LogP contribution in [0.5, 0.6) is 0 Å². The number of rotatable bonds is 6. The van der Waals surface area contributed by atoms with Crippen molar-refractivity contribution in [3.05, 3.63) is 0 Å². The van der Waals surface area contributed by atoms with E-state index in [2.05, 4.69) is 31.1 Å². The molecule has 0 radical (unpaired) electrons. The first-order valence-corrected chi connectivity index (χ1v) is 6.65. The van der Waals surface area contributed by atoms with Gasteiger partial charge in [-0.3, -0.25) is 0 Å². The van der Waals surface area contributed by atoms with Crippen molar-refractivity contribution < 1.29 is 0 Å². The molecule has 0 saturated heterocycles. The Balaban J connectivity index is 2.12. The summed E-state index contributed by atoms with van der Waals surface area (Å²) in [6, 6.07) is 0.845. The van der Waals surface area contributed by atoms with Gasteiger partial charge >= 0.3 is 0 Å². The van der Waals surface area contributed by atoms with Gasteiger partial charge in [-0.05, 0) is 38.8 Å². The molecule has 2 heteroatoms. The molecule has 1 rings (SSSR count). The van der Waals surface area contributed by atoms with E-state index < -0.39 is 0 Å². The van der Waals surface area contributed by atoms with E-state index in [9.17, 15) is 0 Å². The molecule has 15 heavy (non-hydrogen) atoms. The van der Waals surface area contributed by atoms with Crippen molar-refractivity contribution in [2.75, 3.05) is 26.7 Å². The maximum absolute atomic E-state index is 3.47. The number of hydrogen-bond acceptors (Lipinski definition) is 2. The lowest BCUT2D eigenvalue weighted by Gasteiger charge is -2.34. The molecule has 1 aliphatic carbocycles. The molecule has 2 atom stereocenters. The van der Waals surface area contributed by atoms with Crippen molar-refractivity contribution in [2.45, 2.75) is 52.0 Å².